The Morgan fingerprint density at radius 3 is 3.00 bits per heavy atom. The molecule has 2 heterocycles. The van der Waals surface area contributed by atoms with Crippen LogP contribution in [0.4, 0.5) is 4.79 Å². The van der Waals surface area contributed by atoms with Gasteiger partial charge in [0.05, 0.1) is 12.0 Å². The second kappa shape index (κ2) is 5.98. The number of urea groups is 1. The third-order valence-electron chi connectivity index (χ3n) is 3.89. The van der Waals surface area contributed by atoms with E-state index in [-0.39, 0.29) is 23.8 Å². The maximum Gasteiger partial charge on any atom is 0.317 e. The van der Waals surface area contributed by atoms with Crippen molar-refractivity contribution in [3.8, 4) is 0 Å². The molecule has 0 bridgehead atoms. The van der Waals surface area contributed by atoms with Crippen molar-refractivity contribution in [3.05, 3.63) is 0 Å². The van der Waals surface area contributed by atoms with Gasteiger partial charge in [-0.15, -0.1) is 0 Å². The number of rotatable bonds is 4. The predicted octanol–water partition coefficient (Wildman–Crippen LogP) is -0.615. The first-order chi connectivity index (χ1) is 9.58. The van der Waals surface area contributed by atoms with Crippen LogP contribution in [0.1, 0.15) is 19.8 Å². The highest BCUT2D eigenvalue weighted by atomic mass is 16.4. The Bertz CT molecular complexity index is 425. The largest absolute Gasteiger partial charge is 0.409 e. The zero-order valence-corrected chi connectivity index (χ0v) is 11.6. The van der Waals surface area contributed by atoms with Crippen LogP contribution in [0.2, 0.25) is 0 Å². The van der Waals surface area contributed by atoms with Gasteiger partial charge in [-0.2, -0.15) is 0 Å². The summed E-state index contributed by atoms with van der Waals surface area (Å²) in [6, 6.07) is -0.0431. The Balaban J connectivity index is 2.03. The maximum atomic E-state index is 12.5. The summed E-state index contributed by atoms with van der Waals surface area (Å²) < 4.78 is 0. The van der Waals surface area contributed by atoms with E-state index < -0.39 is 5.92 Å². The molecule has 2 aliphatic heterocycles. The molecule has 20 heavy (non-hydrogen) atoms. The van der Waals surface area contributed by atoms with Crippen LogP contribution in [0.15, 0.2) is 5.16 Å². The lowest BCUT2D eigenvalue weighted by Crippen LogP contribution is -2.56. The lowest BCUT2D eigenvalue weighted by molar-refractivity contribution is -0.135. The van der Waals surface area contributed by atoms with Gasteiger partial charge in [-0.25, -0.2) is 4.79 Å². The highest BCUT2D eigenvalue weighted by molar-refractivity contribution is 6.02. The van der Waals surface area contributed by atoms with Crippen molar-refractivity contribution < 1.29 is 14.8 Å². The van der Waals surface area contributed by atoms with E-state index in [1.807, 2.05) is 6.92 Å². The highest BCUT2D eigenvalue weighted by Crippen LogP contribution is 2.18. The number of nitrogens with zero attached hydrogens (tertiary/aromatic N) is 3. The molecule has 2 aliphatic rings. The lowest BCUT2D eigenvalue weighted by Gasteiger charge is -2.37. The lowest BCUT2D eigenvalue weighted by atomic mass is 10.00. The number of amidine groups is 1. The SMILES string of the molecule is CCCC(C(=O)N1CCN2C(=O)NCC2C1)C(N)=NO. The number of fused-ring (bicyclic) bond motifs is 1. The first kappa shape index (κ1) is 14.4. The molecule has 4 N–H and O–H groups in total. The van der Waals surface area contributed by atoms with E-state index in [4.69, 9.17) is 10.9 Å². The van der Waals surface area contributed by atoms with Gasteiger partial charge in [0.2, 0.25) is 5.91 Å². The molecule has 0 aromatic rings. The van der Waals surface area contributed by atoms with Crippen molar-refractivity contribution in [3.63, 3.8) is 0 Å². The number of nitrogens with two attached hydrogens (primary N) is 1. The molecule has 2 saturated heterocycles. The summed E-state index contributed by atoms with van der Waals surface area (Å²) in [6.45, 7) is 4.02. The quantitative estimate of drug-likeness (QED) is 0.276. The molecule has 0 aliphatic carbocycles. The number of hydrogen-bond acceptors (Lipinski definition) is 4. The first-order valence-corrected chi connectivity index (χ1v) is 6.89. The number of nitrogens with one attached hydrogen (secondary N) is 1. The van der Waals surface area contributed by atoms with Crippen LogP contribution in [0.25, 0.3) is 0 Å². The van der Waals surface area contributed by atoms with E-state index in [1.165, 1.54) is 0 Å². The van der Waals surface area contributed by atoms with Gasteiger partial charge in [-0.1, -0.05) is 18.5 Å². The van der Waals surface area contributed by atoms with E-state index in [0.717, 1.165) is 6.42 Å². The molecular formula is C12H21N5O3. The molecule has 0 radical (unpaired) electrons. The smallest absolute Gasteiger partial charge is 0.317 e. The second-order valence-corrected chi connectivity index (χ2v) is 5.18. The number of amides is 3. The predicted molar refractivity (Wildman–Crippen MR) is 72.3 cm³/mol. The summed E-state index contributed by atoms with van der Waals surface area (Å²) in [5.41, 5.74) is 5.62. The normalized spacial score (nSPS) is 24.4. The van der Waals surface area contributed by atoms with Gasteiger partial charge < -0.3 is 26.1 Å². The van der Waals surface area contributed by atoms with Crippen LogP contribution in [0, 0.1) is 5.92 Å². The molecule has 2 rings (SSSR count). The average Bonchev–Trinajstić information content (AvgIpc) is 2.84. The summed E-state index contributed by atoms with van der Waals surface area (Å²) in [5.74, 6) is -0.748. The van der Waals surface area contributed by atoms with Gasteiger partial charge in [0.25, 0.3) is 0 Å². The number of hydrogen-bond donors (Lipinski definition) is 3. The number of piperazine rings is 1. The Morgan fingerprint density at radius 2 is 2.35 bits per heavy atom. The van der Waals surface area contributed by atoms with Crippen molar-refractivity contribution in [2.45, 2.75) is 25.8 Å². The van der Waals surface area contributed by atoms with E-state index in [2.05, 4.69) is 10.5 Å². The van der Waals surface area contributed by atoms with Crippen molar-refractivity contribution in [1.29, 1.82) is 0 Å². The van der Waals surface area contributed by atoms with Crippen molar-refractivity contribution >= 4 is 17.8 Å². The number of oxime groups is 1. The van der Waals surface area contributed by atoms with Crippen LogP contribution in [0.3, 0.4) is 0 Å². The molecule has 3 amide bonds. The molecule has 0 spiro atoms. The third-order valence-corrected chi connectivity index (χ3v) is 3.89. The average molecular weight is 283 g/mol. The van der Waals surface area contributed by atoms with Crippen molar-refractivity contribution in [1.82, 2.24) is 15.1 Å². The summed E-state index contributed by atoms with van der Waals surface area (Å²) in [7, 11) is 0. The van der Waals surface area contributed by atoms with Gasteiger partial charge in [-0.3, -0.25) is 4.79 Å². The van der Waals surface area contributed by atoms with Crippen LogP contribution >= 0.6 is 0 Å². The van der Waals surface area contributed by atoms with Crippen molar-refractivity contribution in [2.75, 3.05) is 26.2 Å². The molecule has 2 fully saturated rings. The van der Waals surface area contributed by atoms with E-state index in [1.54, 1.807) is 9.80 Å². The molecule has 112 valence electrons. The fraction of sp³-hybridized carbons (Fsp3) is 0.750. The minimum atomic E-state index is -0.582. The van der Waals surface area contributed by atoms with Crippen LogP contribution in [-0.2, 0) is 4.79 Å². The Kier molecular flexibility index (Phi) is 4.31. The first-order valence-electron chi connectivity index (χ1n) is 6.89. The Morgan fingerprint density at radius 1 is 1.60 bits per heavy atom. The topological polar surface area (TPSA) is 111 Å². The van der Waals surface area contributed by atoms with E-state index >= 15 is 0 Å². The minimum absolute atomic E-state index is 0.0229. The fourth-order valence-electron chi connectivity index (χ4n) is 2.78. The van der Waals surface area contributed by atoms with Gasteiger partial charge >= 0.3 is 6.03 Å². The Labute approximate surface area is 117 Å². The van der Waals surface area contributed by atoms with Crippen molar-refractivity contribution in [2.24, 2.45) is 16.8 Å². The van der Waals surface area contributed by atoms with E-state index in [9.17, 15) is 9.59 Å². The molecule has 0 aromatic carbocycles. The Hall–Kier alpha value is -1.99. The summed E-state index contributed by atoms with van der Waals surface area (Å²) in [4.78, 5) is 27.5. The monoisotopic (exact) mass is 283 g/mol. The molecule has 8 nitrogen and oxygen atoms in total. The molecule has 2 atom stereocenters. The summed E-state index contributed by atoms with van der Waals surface area (Å²) in [6.07, 6.45) is 1.33. The number of carbonyl (C=O) groups excluding carboxylic acids is 2. The third kappa shape index (κ3) is 2.63. The second-order valence-electron chi connectivity index (χ2n) is 5.18. The van der Waals surface area contributed by atoms with Crippen LogP contribution < -0.4 is 11.1 Å². The molecule has 8 heteroatoms. The summed E-state index contributed by atoms with van der Waals surface area (Å²) in [5, 5.41) is 14.5. The minimum Gasteiger partial charge on any atom is -0.409 e. The zero-order chi connectivity index (χ0) is 14.7. The van der Waals surface area contributed by atoms with Gasteiger partial charge in [0.1, 0.15) is 0 Å². The van der Waals surface area contributed by atoms with Gasteiger partial charge in [0, 0.05) is 26.2 Å². The summed E-state index contributed by atoms with van der Waals surface area (Å²) >= 11 is 0. The van der Waals surface area contributed by atoms with Crippen LogP contribution in [-0.4, -0.2) is 65.0 Å². The van der Waals surface area contributed by atoms with Crippen LogP contribution in [0.5, 0.6) is 0 Å². The molecule has 0 saturated carbocycles. The van der Waals surface area contributed by atoms with Gasteiger partial charge in [0.15, 0.2) is 5.84 Å². The number of carbonyl (C=O) groups is 2. The highest BCUT2D eigenvalue weighted by Gasteiger charge is 2.38. The molecule has 0 aromatic heterocycles. The maximum absolute atomic E-state index is 12.5. The fourth-order valence-corrected chi connectivity index (χ4v) is 2.78. The molecule has 2 unspecified atom stereocenters. The van der Waals surface area contributed by atoms with E-state index in [0.29, 0.717) is 32.6 Å². The molecular weight excluding hydrogens is 262 g/mol. The standard InChI is InChI=1S/C12H21N5O3/c1-2-3-9(10(13)15-20)11(18)16-4-5-17-8(7-16)6-14-12(17)19/h8-9,20H,2-7H2,1H3,(H2,13,15)(H,14,19). The van der Waals surface area contributed by atoms with Gasteiger partial charge in [-0.05, 0) is 6.42 Å². The zero-order valence-electron chi connectivity index (χ0n) is 11.6.